The minimum absolute atomic E-state index is 0.632. The van der Waals surface area contributed by atoms with Gasteiger partial charge >= 0.3 is 0 Å². The van der Waals surface area contributed by atoms with Crippen LogP contribution in [0.2, 0.25) is 0 Å². The maximum Gasteiger partial charge on any atom is 0.225 e. The van der Waals surface area contributed by atoms with Crippen molar-refractivity contribution in [3.8, 4) is 5.88 Å². The molecule has 1 aromatic rings. The van der Waals surface area contributed by atoms with Crippen LogP contribution in [0.5, 0.6) is 5.88 Å². The normalized spacial score (nSPS) is 9.38. The summed E-state index contributed by atoms with van der Waals surface area (Å²) in [4.78, 5) is 1.09. The molecule has 13 heavy (non-hydrogen) atoms. The molecular formula is C7H11N3OS2. The van der Waals surface area contributed by atoms with Gasteiger partial charge in [0.1, 0.15) is 0 Å². The molecule has 0 unspecified atom stereocenters. The fourth-order valence-electron chi connectivity index (χ4n) is 0.729. The molecular weight excluding hydrogens is 206 g/mol. The van der Waals surface area contributed by atoms with E-state index < -0.39 is 0 Å². The van der Waals surface area contributed by atoms with Crippen molar-refractivity contribution < 1.29 is 4.74 Å². The first-order valence-electron chi connectivity index (χ1n) is 3.71. The smallest absolute Gasteiger partial charge is 0.225 e. The van der Waals surface area contributed by atoms with Crippen LogP contribution in [0.3, 0.4) is 0 Å². The van der Waals surface area contributed by atoms with Crippen molar-refractivity contribution in [3.63, 3.8) is 0 Å². The Balaban J connectivity index is 2.41. The van der Waals surface area contributed by atoms with E-state index in [1.54, 1.807) is 14.2 Å². The lowest BCUT2D eigenvalue weighted by atomic mass is 10.5. The molecule has 0 aliphatic carbocycles. The fourth-order valence-corrected chi connectivity index (χ4v) is 1.43. The topological polar surface area (TPSA) is 46.2 Å². The number of nitrogens with zero attached hydrogens (tertiary/aromatic N) is 1. The van der Waals surface area contributed by atoms with Crippen LogP contribution in [0, 0.1) is 0 Å². The van der Waals surface area contributed by atoms with Crippen molar-refractivity contribution >= 4 is 28.9 Å². The van der Waals surface area contributed by atoms with Gasteiger partial charge in [-0.1, -0.05) is 0 Å². The van der Waals surface area contributed by atoms with Crippen LogP contribution in [-0.2, 0) is 6.54 Å². The number of rotatable bonds is 3. The third-order valence-electron chi connectivity index (χ3n) is 1.40. The second-order valence-electron chi connectivity index (χ2n) is 2.27. The average molecular weight is 217 g/mol. The summed E-state index contributed by atoms with van der Waals surface area (Å²) in [5.41, 5.74) is 0. The molecule has 0 atom stereocenters. The number of nitrogens with one attached hydrogen (secondary N) is 2. The van der Waals surface area contributed by atoms with Crippen molar-refractivity contribution in [1.29, 1.82) is 0 Å². The fraction of sp³-hybridized carbons (Fsp3) is 0.429. The van der Waals surface area contributed by atoms with Crippen LogP contribution in [0.25, 0.3) is 0 Å². The molecule has 4 nitrogen and oxygen atoms in total. The molecule has 1 aromatic heterocycles. The van der Waals surface area contributed by atoms with Gasteiger partial charge in [0, 0.05) is 18.0 Å². The maximum atomic E-state index is 4.95. The lowest BCUT2D eigenvalue weighted by molar-refractivity contribution is 0.402. The number of thiocarbonyl (C=S) groups is 1. The molecule has 1 heterocycles. The Hall–Kier alpha value is -0.880. The predicted octanol–water partition coefficient (Wildman–Crippen LogP) is 0.746. The number of methoxy groups -OCH3 is 1. The van der Waals surface area contributed by atoms with E-state index in [-0.39, 0.29) is 0 Å². The van der Waals surface area contributed by atoms with Crippen LogP contribution in [0.1, 0.15) is 4.88 Å². The Labute approximate surface area is 86.5 Å². The molecule has 0 aromatic carbocycles. The summed E-state index contributed by atoms with van der Waals surface area (Å²) in [5.74, 6) is 0.650. The Morgan fingerprint density at radius 1 is 1.77 bits per heavy atom. The van der Waals surface area contributed by atoms with Gasteiger partial charge in [0.2, 0.25) is 5.88 Å². The van der Waals surface area contributed by atoms with E-state index in [2.05, 4.69) is 15.0 Å². The molecule has 0 amide bonds. The van der Waals surface area contributed by atoms with Gasteiger partial charge in [0.15, 0.2) is 5.11 Å². The highest BCUT2D eigenvalue weighted by molar-refractivity contribution is 7.80. The van der Waals surface area contributed by atoms with Gasteiger partial charge in [-0.3, -0.25) is 0 Å². The van der Waals surface area contributed by atoms with Crippen molar-refractivity contribution in [2.45, 2.75) is 6.54 Å². The Bertz CT molecular complexity index is 287. The van der Waals surface area contributed by atoms with E-state index in [1.165, 1.54) is 11.5 Å². The van der Waals surface area contributed by atoms with Gasteiger partial charge in [0.05, 0.1) is 13.7 Å². The molecule has 0 bridgehead atoms. The maximum absolute atomic E-state index is 4.95. The Kier molecular flexibility index (Phi) is 3.91. The van der Waals surface area contributed by atoms with Crippen LogP contribution < -0.4 is 15.4 Å². The molecule has 0 saturated carbocycles. The van der Waals surface area contributed by atoms with Gasteiger partial charge in [-0.2, -0.15) is 4.37 Å². The lowest BCUT2D eigenvalue weighted by Crippen LogP contribution is -2.31. The first-order chi connectivity index (χ1) is 6.26. The summed E-state index contributed by atoms with van der Waals surface area (Å²) in [6.07, 6.45) is 0. The molecule has 0 spiro atoms. The Morgan fingerprint density at radius 3 is 3.08 bits per heavy atom. The highest BCUT2D eigenvalue weighted by Gasteiger charge is 2.01. The summed E-state index contributed by atoms with van der Waals surface area (Å²) in [6, 6.07) is 1.88. The minimum atomic E-state index is 0.632. The van der Waals surface area contributed by atoms with E-state index in [9.17, 15) is 0 Å². The number of hydrogen-bond donors (Lipinski definition) is 2. The minimum Gasteiger partial charge on any atom is -0.480 e. The van der Waals surface area contributed by atoms with Gasteiger partial charge in [-0.15, -0.1) is 0 Å². The molecule has 0 fully saturated rings. The largest absolute Gasteiger partial charge is 0.480 e. The van der Waals surface area contributed by atoms with Crippen molar-refractivity contribution in [3.05, 3.63) is 10.9 Å². The number of ether oxygens (including phenoxy) is 1. The van der Waals surface area contributed by atoms with Crippen LogP contribution >= 0.6 is 23.8 Å². The van der Waals surface area contributed by atoms with Gasteiger partial charge in [0.25, 0.3) is 0 Å². The summed E-state index contributed by atoms with van der Waals surface area (Å²) in [6.45, 7) is 0.681. The van der Waals surface area contributed by atoms with Crippen LogP contribution in [0.4, 0.5) is 0 Å². The van der Waals surface area contributed by atoms with Crippen molar-refractivity contribution in [1.82, 2.24) is 15.0 Å². The summed E-state index contributed by atoms with van der Waals surface area (Å²) < 4.78 is 9.01. The van der Waals surface area contributed by atoms with E-state index in [4.69, 9.17) is 17.0 Å². The molecule has 0 radical (unpaired) electrons. The van der Waals surface area contributed by atoms with Gasteiger partial charge in [-0.25, -0.2) is 0 Å². The van der Waals surface area contributed by atoms with E-state index in [1.807, 2.05) is 6.07 Å². The Morgan fingerprint density at radius 2 is 2.54 bits per heavy atom. The first-order valence-corrected chi connectivity index (χ1v) is 4.89. The second kappa shape index (κ2) is 4.98. The zero-order chi connectivity index (χ0) is 9.68. The van der Waals surface area contributed by atoms with E-state index >= 15 is 0 Å². The third-order valence-corrected chi connectivity index (χ3v) is 2.51. The summed E-state index contributed by atoms with van der Waals surface area (Å²) in [5, 5.41) is 6.48. The number of aromatic nitrogens is 1. The zero-order valence-corrected chi connectivity index (χ0v) is 9.09. The van der Waals surface area contributed by atoms with E-state index in [0.717, 1.165) is 4.88 Å². The standard InChI is InChI=1S/C7H11N3OS2/c1-8-7(12)9-4-5-3-6(11-2)10-13-5/h3H,4H2,1-2H3,(H2,8,9,12). The second-order valence-corrected chi connectivity index (χ2v) is 3.57. The predicted molar refractivity (Wildman–Crippen MR) is 57.2 cm³/mol. The van der Waals surface area contributed by atoms with Crippen LogP contribution in [-0.4, -0.2) is 23.6 Å². The molecule has 72 valence electrons. The summed E-state index contributed by atoms with van der Waals surface area (Å²) in [7, 11) is 3.38. The monoisotopic (exact) mass is 217 g/mol. The average Bonchev–Trinajstić information content (AvgIpc) is 2.61. The van der Waals surface area contributed by atoms with E-state index in [0.29, 0.717) is 17.5 Å². The van der Waals surface area contributed by atoms with Crippen LogP contribution in [0.15, 0.2) is 6.07 Å². The molecule has 1 rings (SSSR count). The molecule has 0 aliphatic heterocycles. The van der Waals surface area contributed by atoms with Crippen molar-refractivity contribution in [2.75, 3.05) is 14.2 Å². The highest BCUT2D eigenvalue weighted by Crippen LogP contribution is 2.15. The molecule has 0 saturated heterocycles. The van der Waals surface area contributed by atoms with Gasteiger partial charge in [-0.05, 0) is 23.8 Å². The van der Waals surface area contributed by atoms with Crippen molar-refractivity contribution in [2.24, 2.45) is 0 Å². The SMILES string of the molecule is CNC(=S)NCc1cc(OC)ns1. The highest BCUT2D eigenvalue weighted by atomic mass is 32.1. The molecule has 0 aliphatic rings. The quantitative estimate of drug-likeness (QED) is 0.731. The molecule has 6 heteroatoms. The first kappa shape index (κ1) is 10.2. The third kappa shape index (κ3) is 3.16. The summed E-state index contributed by atoms with van der Waals surface area (Å²) >= 11 is 6.32. The van der Waals surface area contributed by atoms with Gasteiger partial charge < -0.3 is 15.4 Å². The zero-order valence-electron chi connectivity index (χ0n) is 7.46. The number of hydrogen-bond acceptors (Lipinski definition) is 4. The lowest BCUT2D eigenvalue weighted by Gasteiger charge is -2.03. The molecule has 2 N–H and O–H groups in total.